The summed E-state index contributed by atoms with van der Waals surface area (Å²) in [6.07, 6.45) is 14.7. The van der Waals surface area contributed by atoms with Crippen LogP contribution in [0.4, 0.5) is 0 Å². The van der Waals surface area contributed by atoms with Crippen LogP contribution in [0.25, 0.3) is 10.9 Å². The second-order valence-corrected chi connectivity index (χ2v) is 9.64. The standard InChI is InChI=1S/C31H36N2O3/c34-30(35)15-9-8-13-25-20-27-21-26(31(36)32-22-24-11-5-3-6-12-24)18-19-29(27)33-28(25)14-7-2-1-4-10-23-16-17-23/h1-7,11-12,18-21,23,30,34-35H,8-10,13-17,22H2,(H,32,36)/b4-1-,7-2-. The summed E-state index contributed by atoms with van der Waals surface area (Å²) in [4.78, 5) is 17.7. The fourth-order valence-corrected chi connectivity index (χ4v) is 4.28. The highest BCUT2D eigenvalue weighted by Crippen LogP contribution is 2.32. The molecule has 0 unspecified atom stereocenters. The average molecular weight is 485 g/mol. The number of carbonyl (C=O) groups is 1. The Kier molecular flexibility index (Phi) is 9.42. The Morgan fingerprint density at radius 2 is 1.83 bits per heavy atom. The van der Waals surface area contributed by atoms with Crippen LogP contribution in [0.5, 0.6) is 0 Å². The van der Waals surface area contributed by atoms with Gasteiger partial charge in [0.05, 0.1) is 5.52 Å². The second kappa shape index (κ2) is 13.1. The van der Waals surface area contributed by atoms with Crippen molar-refractivity contribution in [3.05, 3.63) is 101 Å². The van der Waals surface area contributed by atoms with Gasteiger partial charge in [0.1, 0.15) is 0 Å². The first-order valence-corrected chi connectivity index (χ1v) is 13.0. The minimum absolute atomic E-state index is 0.107. The zero-order valence-electron chi connectivity index (χ0n) is 20.8. The Hall–Kier alpha value is -3.28. The average Bonchev–Trinajstić information content (AvgIpc) is 3.72. The molecule has 0 bridgehead atoms. The Morgan fingerprint density at radius 1 is 1.03 bits per heavy atom. The van der Waals surface area contributed by atoms with Gasteiger partial charge in [-0.15, -0.1) is 0 Å². The quantitative estimate of drug-likeness (QED) is 0.166. The molecular weight excluding hydrogens is 448 g/mol. The zero-order chi connectivity index (χ0) is 25.2. The summed E-state index contributed by atoms with van der Waals surface area (Å²) in [5, 5.41) is 22.3. The van der Waals surface area contributed by atoms with Crippen molar-refractivity contribution < 1.29 is 15.0 Å². The van der Waals surface area contributed by atoms with Gasteiger partial charge in [-0.25, -0.2) is 0 Å². The van der Waals surface area contributed by atoms with Gasteiger partial charge in [0.2, 0.25) is 0 Å². The summed E-state index contributed by atoms with van der Waals surface area (Å²) in [5.41, 5.74) is 4.71. The Balaban J connectivity index is 1.47. The van der Waals surface area contributed by atoms with Crippen molar-refractivity contribution in [1.82, 2.24) is 10.3 Å². The lowest BCUT2D eigenvalue weighted by atomic mass is 10.00. The van der Waals surface area contributed by atoms with Gasteiger partial charge in [-0.1, -0.05) is 54.6 Å². The molecule has 0 spiro atoms. The summed E-state index contributed by atoms with van der Waals surface area (Å²) >= 11 is 0. The lowest BCUT2D eigenvalue weighted by molar-refractivity contribution is -0.0465. The van der Waals surface area contributed by atoms with Crippen molar-refractivity contribution in [3.8, 4) is 0 Å². The van der Waals surface area contributed by atoms with Gasteiger partial charge >= 0.3 is 0 Å². The number of unbranched alkanes of at least 4 members (excludes halogenated alkanes) is 1. The molecule has 36 heavy (non-hydrogen) atoms. The van der Waals surface area contributed by atoms with Gasteiger partial charge in [-0.2, -0.15) is 0 Å². The van der Waals surface area contributed by atoms with E-state index in [1.165, 1.54) is 19.3 Å². The summed E-state index contributed by atoms with van der Waals surface area (Å²) < 4.78 is 0. The maximum absolute atomic E-state index is 12.8. The number of nitrogens with zero attached hydrogens (tertiary/aromatic N) is 1. The van der Waals surface area contributed by atoms with Crippen LogP contribution >= 0.6 is 0 Å². The number of fused-ring (bicyclic) bond motifs is 1. The second-order valence-electron chi connectivity index (χ2n) is 9.64. The predicted octanol–water partition coefficient (Wildman–Crippen LogP) is 5.64. The van der Waals surface area contributed by atoms with Crippen LogP contribution in [0.3, 0.4) is 0 Å². The number of carbonyl (C=O) groups excluding carboxylic acids is 1. The van der Waals surface area contributed by atoms with Crippen molar-refractivity contribution in [3.63, 3.8) is 0 Å². The van der Waals surface area contributed by atoms with Gasteiger partial charge in [-0.3, -0.25) is 9.78 Å². The fraction of sp³-hybridized carbons (Fsp3) is 0.355. The third-order valence-electron chi connectivity index (χ3n) is 6.56. The summed E-state index contributed by atoms with van der Waals surface area (Å²) in [6.45, 7) is 0.484. The van der Waals surface area contributed by atoms with Gasteiger partial charge in [0.15, 0.2) is 6.29 Å². The number of aryl methyl sites for hydroxylation is 1. The van der Waals surface area contributed by atoms with Crippen LogP contribution in [0.2, 0.25) is 0 Å². The molecule has 1 aromatic heterocycles. The molecule has 1 saturated carbocycles. The van der Waals surface area contributed by atoms with E-state index in [4.69, 9.17) is 15.2 Å². The molecule has 5 heteroatoms. The number of amides is 1. The molecule has 3 N–H and O–H groups in total. The number of hydrogen-bond donors (Lipinski definition) is 3. The summed E-state index contributed by atoms with van der Waals surface area (Å²) in [5.74, 6) is 0.787. The highest BCUT2D eigenvalue weighted by atomic mass is 16.5. The third kappa shape index (κ3) is 8.14. The maximum atomic E-state index is 12.8. The van der Waals surface area contributed by atoms with Crippen LogP contribution in [0.15, 0.2) is 78.9 Å². The van der Waals surface area contributed by atoms with E-state index >= 15 is 0 Å². The van der Waals surface area contributed by atoms with Crippen LogP contribution in [-0.2, 0) is 19.4 Å². The number of benzene rings is 2. The molecule has 1 amide bonds. The first-order chi connectivity index (χ1) is 17.6. The van der Waals surface area contributed by atoms with E-state index in [0.717, 1.165) is 59.3 Å². The predicted molar refractivity (Wildman–Crippen MR) is 144 cm³/mol. The van der Waals surface area contributed by atoms with Gasteiger partial charge < -0.3 is 15.5 Å². The maximum Gasteiger partial charge on any atom is 0.251 e. The molecular formula is C31H36N2O3. The Bertz CT molecular complexity index is 1200. The van der Waals surface area contributed by atoms with Gasteiger partial charge in [0, 0.05) is 29.6 Å². The smallest absolute Gasteiger partial charge is 0.251 e. The molecule has 0 aliphatic heterocycles. The number of aliphatic hydroxyl groups is 2. The first-order valence-electron chi connectivity index (χ1n) is 13.0. The van der Waals surface area contributed by atoms with E-state index < -0.39 is 6.29 Å². The van der Waals surface area contributed by atoms with E-state index in [0.29, 0.717) is 18.5 Å². The van der Waals surface area contributed by atoms with Crippen molar-refractivity contribution in [2.45, 2.75) is 64.2 Å². The highest BCUT2D eigenvalue weighted by molar-refractivity contribution is 5.98. The molecule has 2 aromatic carbocycles. The molecule has 0 radical (unpaired) electrons. The van der Waals surface area contributed by atoms with Crippen LogP contribution < -0.4 is 5.32 Å². The van der Waals surface area contributed by atoms with Crippen LogP contribution in [-0.4, -0.2) is 27.4 Å². The minimum Gasteiger partial charge on any atom is -0.368 e. The molecule has 0 atom stereocenters. The number of allylic oxidation sites excluding steroid dienone is 4. The minimum atomic E-state index is -1.26. The van der Waals surface area contributed by atoms with E-state index in [1.807, 2.05) is 48.5 Å². The summed E-state index contributed by atoms with van der Waals surface area (Å²) in [6, 6.07) is 17.7. The lowest BCUT2D eigenvalue weighted by Crippen LogP contribution is -2.22. The van der Waals surface area contributed by atoms with Crippen molar-refractivity contribution in [1.29, 1.82) is 0 Å². The Morgan fingerprint density at radius 3 is 2.61 bits per heavy atom. The normalized spacial score (nSPS) is 13.9. The van der Waals surface area contributed by atoms with E-state index in [1.54, 1.807) is 0 Å². The van der Waals surface area contributed by atoms with E-state index in [9.17, 15) is 4.79 Å². The molecule has 0 saturated heterocycles. The van der Waals surface area contributed by atoms with Gasteiger partial charge in [-0.05, 0) is 86.3 Å². The molecule has 1 heterocycles. The fourth-order valence-electron chi connectivity index (χ4n) is 4.28. The Labute approximate surface area is 213 Å². The number of pyridine rings is 1. The monoisotopic (exact) mass is 484 g/mol. The zero-order valence-corrected chi connectivity index (χ0v) is 20.8. The number of hydrogen-bond acceptors (Lipinski definition) is 4. The molecule has 3 aromatic rings. The number of nitrogens with one attached hydrogen (secondary N) is 1. The number of rotatable bonds is 13. The molecule has 1 aliphatic carbocycles. The molecule has 188 valence electrons. The topological polar surface area (TPSA) is 82.5 Å². The van der Waals surface area contributed by atoms with Crippen molar-refractivity contribution in [2.75, 3.05) is 0 Å². The first kappa shape index (κ1) is 25.8. The van der Waals surface area contributed by atoms with E-state index in [2.05, 4.69) is 35.7 Å². The molecule has 4 rings (SSSR count). The van der Waals surface area contributed by atoms with E-state index in [-0.39, 0.29) is 5.91 Å². The number of aliphatic hydroxyl groups excluding tert-OH is 1. The number of aromatic nitrogens is 1. The van der Waals surface area contributed by atoms with Crippen LogP contribution in [0, 0.1) is 5.92 Å². The highest BCUT2D eigenvalue weighted by Gasteiger charge is 2.18. The summed E-state index contributed by atoms with van der Waals surface area (Å²) in [7, 11) is 0. The lowest BCUT2D eigenvalue weighted by Gasteiger charge is -2.11. The SMILES string of the molecule is O=C(NCc1ccccc1)c1ccc2nc(C/C=C\C=C/CC3CC3)c(CCCCC(O)O)cc2c1. The largest absolute Gasteiger partial charge is 0.368 e. The third-order valence-corrected chi connectivity index (χ3v) is 6.56. The molecule has 1 fully saturated rings. The van der Waals surface area contributed by atoms with Crippen LogP contribution in [0.1, 0.15) is 65.7 Å². The molecule has 1 aliphatic rings. The van der Waals surface area contributed by atoms with Crippen molar-refractivity contribution in [2.24, 2.45) is 5.92 Å². The van der Waals surface area contributed by atoms with Gasteiger partial charge in [0.25, 0.3) is 5.91 Å². The molecule has 5 nitrogen and oxygen atoms in total. The van der Waals surface area contributed by atoms with Crippen molar-refractivity contribution >= 4 is 16.8 Å².